The second-order valence-corrected chi connectivity index (χ2v) is 5.00. The van der Waals surface area contributed by atoms with Gasteiger partial charge in [-0.25, -0.2) is 5.43 Å². The second-order valence-electron chi connectivity index (χ2n) is 3.68. The molecule has 17 heavy (non-hydrogen) atoms. The molecule has 0 spiro atoms. The number of benzene rings is 2. The van der Waals surface area contributed by atoms with E-state index in [1.807, 2.05) is 48.5 Å². The zero-order valence-electron chi connectivity index (χ0n) is 9.03. The minimum atomic E-state index is -0.110. The summed E-state index contributed by atoms with van der Waals surface area (Å²) in [5, 5.41) is 0.704. The molecular weight excluding hydrogens is 300 g/mol. The van der Waals surface area contributed by atoms with E-state index in [4.69, 9.17) is 17.4 Å². The van der Waals surface area contributed by atoms with Crippen LogP contribution in [0.25, 0.3) is 0 Å². The lowest BCUT2D eigenvalue weighted by atomic mass is 9.99. The van der Waals surface area contributed by atoms with Gasteiger partial charge in [-0.05, 0) is 29.3 Å². The van der Waals surface area contributed by atoms with Gasteiger partial charge in [-0.3, -0.25) is 5.84 Å². The Bertz CT molecular complexity index is 516. The van der Waals surface area contributed by atoms with Crippen LogP contribution in [0.5, 0.6) is 0 Å². The Morgan fingerprint density at radius 1 is 1.12 bits per heavy atom. The highest BCUT2D eigenvalue weighted by Crippen LogP contribution is 2.28. The molecule has 0 aliphatic carbocycles. The molecule has 0 saturated heterocycles. The van der Waals surface area contributed by atoms with Crippen LogP contribution < -0.4 is 11.3 Å². The van der Waals surface area contributed by atoms with Crippen molar-refractivity contribution in [2.24, 2.45) is 5.84 Å². The van der Waals surface area contributed by atoms with Crippen LogP contribution in [0.2, 0.25) is 5.02 Å². The molecule has 3 N–H and O–H groups in total. The lowest BCUT2D eigenvalue weighted by Crippen LogP contribution is -2.29. The maximum absolute atomic E-state index is 6.18. The summed E-state index contributed by atoms with van der Waals surface area (Å²) in [6.45, 7) is 0. The number of rotatable bonds is 3. The monoisotopic (exact) mass is 310 g/mol. The maximum atomic E-state index is 6.18. The Kier molecular flexibility index (Phi) is 4.18. The Morgan fingerprint density at radius 2 is 1.88 bits per heavy atom. The van der Waals surface area contributed by atoms with Gasteiger partial charge in [0.05, 0.1) is 6.04 Å². The Hall–Kier alpha value is -0.870. The first-order valence-electron chi connectivity index (χ1n) is 5.18. The first-order chi connectivity index (χ1) is 8.22. The van der Waals surface area contributed by atoms with Crippen molar-refractivity contribution in [3.05, 3.63) is 69.2 Å². The SMILES string of the molecule is NNC(c1cccc(Br)c1)c1ccccc1Cl. The molecular formula is C13H12BrClN2. The summed E-state index contributed by atoms with van der Waals surface area (Å²) in [5.74, 6) is 5.63. The summed E-state index contributed by atoms with van der Waals surface area (Å²) in [7, 11) is 0. The molecule has 0 bridgehead atoms. The summed E-state index contributed by atoms with van der Waals surface area (Å²) in [4.78, 5) is 0. The molecule has 2 aromatic carbocycles. The first kappa shape index (κ1) is 12.6. The minimum Gasteiger partial charge on any atom is -0.271 e. The van der Waals surface area contributed by atoms with Crippen molar-refractivity contribution in [2.75, 3.05) is 0 Å². The average Bonchev–Trinajstić information content (AvgIpc) is 2.33. The molecule has 4 heteroatoms. The molecule has 88 valence electrons. The smallest absolute Gasteiger partial charge is 0.0724 e. The fourth-order valence-corrected chi connectivity index (χ4v) is 2.42. The highest BCUT2D eigenvalue weighted by atomic mass is 79.9. The first-order valence-corrected chi connectivity index (χ1v) is 6.35. The van der Waals surface area contributed by atoms with Gasteiger partial charge in [-0.1, -0.05) is 57.9 Å². The summed E-state index contributed by atoms with van der Waals surface area (Å²) in [5.41, 5.74) is 4.83. The fraction of sp³-hybridized carbons (Fsp3) is 0.0769. The van der Waals surface area contributed by atoms with Gasteiger partial charge in [0, 0.05) is 9.50 Å². The predicted molar refractivity (Wildman–Crippen MR) is 74.8 cm³/mol. The van der Waals surface area contributed by atoms with E-state index in [1.54, 1.807) is 0 Å². The molecule has 0 fully saturated rings. The normalized spacial score (nSPS) is 12.4. The molecule has 0 radical (unpaired) electrons. The Labute approximate surface area is 114 Å². The van der Waals surface area contributed by atoms with Crippen LogP contribution in [0.1, 0.15) is 17.2 Å². The molecule has 0 aliphatic heterocycles. The molecule has 2 nitrogen and oxygen atoms in total. The quantitative estimate of drug-likeness (QED) is 0.670. The third kappa shape index (κ3) is 2.87. The van der Waals surface area contributed by atoms with Gasteiger partial charge >= 0.3 is 0 Å². The van der Waals surface area contributed by atoms with Gasteiger partial charge in [0.2, 0.25) is 0 Å². The molecule has 0 aromatic heterocycles. The van der Waals surface area contributed by atoms with E-state index in [0.29, 0.717) is 5.02 Å². The van der Waals surface area contributed by atoms with Crippen LogP contribution in [0.15, 0.2) is 53.0 Å². The van der Waals surface area contributed by atoms with Gasteiger partial charge in [0.25, 0.3) is 0 Å². The van der Waals surface area contributed by atoms with Gasteiger partial charge in [-0.2, -0.15) is 0 Å². The van der Waals surface area contributed by atoms with E-state index >= 15 is 0 Å². The topological polar surface area (TPSA) is 38.0 Å². The van der Waals surface area contributed by atoms with Gasteiger partial charge in [0.15, 0.2) is 0 Å². The second kappa shape index (κ2) is 5.65. The largest absolute Gasteiger partial charge is 0.271 e. The van der Waals surface area contributed by atoms with Crippen LogP contribution in [0.4, 0.5) is 0 Å². The zero-order valence-corrected chi connectivity index (χ0v) is 11.4. The number of hydrogen-bond acceptors (Lipinski definition) is 2. The summed E-state index contributed by atoms with van der Waals surface area (Å²) < 4.78 is 1.02. The van der Waals surface area contributed by atoms with Crippen molar-refractivity contribution in [3.8, 4) is 0 Å². The molecule has 1 unspecified atom stereocenters. The Balaban J connectivity index is 2.44. The standard InChI is InChI=1S/C13H12BrClN2/c14-10-5-3-4-9(8-10)13(17-16)11-6-1-2-7-12(11)15/h1-8,13,17H,16H2. The van der Waals surface area contributed by atoms with Crippen molar-refractivity contribution in [3.63, 3.8) is 0 Å². The summed E-state index contributed by atoms with van der Waals surface area (Å²) in [6.07, 6.45) is 0. The van der Waals surface area contributed by atoms with Gasteiger partial charge < -0.3 is 0 Å². The highest BCUT2D eigenvalue weighted by Gasteiger charge is 2.14. The van der Waals surface area contributed by atoms with E-state index in [2.05, 4.69) is 21.4 Å². The number of hydrazine groups is 1. The van der Waals surface area contributed by atoms with E-state index in [-0.39, 0.29) is 6.04 Å². The fourth-order valence-electron chi connectivity index (χ4n) is 1.76. The van der Waals surface area contributed by atoms with Crippen molar-refractivity contribution < 1.29 is 0 Å². The minimum absolute atomic E-state index is 0.110. The molecule has 2 rings (SSSR count). The van der Waals surface area contributed by atoms with Crippen LogP contribution in [-0.4, -0.2) is 0 Å². The molecule has 0 heterocycles. The van der Waals surface area contributed by atoms with Crippen molar-refractivity contribution in [1.82, 2.24) is 5.43 Å². The predicted octanol–water partition coefficient (Wildman–Crippen LogP) is 3.66. The van der Waals surface area contributed by atoms with Crippen LogP contribution >= 0.6 is 27.5 Å². The third-order valence-electron chi connectivity index (χ3n) is 2.56. The molecule has 0 aliphatic rings. The molecule has 1 atom stereocenters. The lowest BCUT2D eigenvalue weighted by Gasteiger charge is -2.18. The summed E-state index contributed by atoms with van der Waals surface area (Å²) >= 11 is 9.63. The molecule has 0 amide bonds. The van der Waals surface area contributed by atoms with Crippen LogP contribution in [-0.2, 0) is 0 Å². The number of halogens is 2. The molecule has 2 aromatic rings. The molecule has 0 saturated carbocycles. The van der Waals surface area contributed by atoms with Crippen molar-refractivity contribution in [1.29, 1.82) is 0 Å². The van der Waals surface area contributed by atoms with Gasteiger partial charge in [0.1, 0.15) is 0 Å². The van der Waals surface area contributed by atoms with Crippen molar-refractivity contribution >= 4 is 27.5 Å². The Morgan fingerprint density at radius 3 is 2.53 bits per heavy atom. The number of nitrogens with two attached hydrogens (primary N) is 1. The van der Waals surface area contributed by atoms with E-state index in [0.717, 1.165) is 15.6 Å². The van der Waals surface area contributed by atoms with Crippen molar-refractivity contribution in [2.45, 2.75) is 6.04 Å². The van der Waals surface area contributed by atoms with E-state index in [1.165, 1.54) is 0 Å². The van der Waals surface area contributed by atoms with E-state index in [9.17, 15) is 0 Å². The summed E-state index contributed by atoms with van der Waals surface area (Å²) in [6, 6.07) is 15.6. The number of nitrogens with one attached hydrogen (secondary N) is 1. The number of hydrogen-bond donors (Lipinski definition) is 2. The van der Waals surface area contributed by atoms with Crippen LogP contribution in [0, 0.1) is 0 Å². The zero-order chi connectivity index (χ0) is 12.3. The highest BCUT2D eigenvalue weighted by molar-refractivity contribution is 9.10. The maximum Gasteiger partial charge on any atom is 0.0724 e. The lowest BCUT2D eigenvalue weighted by molar-refractivity contribution is 0.637. The average molecular weight is 312 g/mol. The third-order valence-corrected chi connectivity index (χ3v) is 3.40. The van der Waals surface area contributed by atoms with E-state index < -0.39 is 0 Å². The van der Waals surface area contributed by atoms with Gasteiger partial charge in [-0.15, -0.1) is 0 Å². The van der Waals surface area contributed by atoms with Crippen LogP contribution in [0.3, 0.4) is 0 Å².